The molecule has 0 radical (unpaired) electrons. The number of hydrogen-bond donors (Lipinski definition) is 2. The topological polar surface area (TPSA) is 89.8 Å². The Bertz CT molecular complexity index is 480. The van der Waals surface area contributed by atoms with E-state index in [1.54, 1.807) is 6.92 Å². The van der Waals surface area contributed by atoms with Crippen LogP contribution in [-0.2, 0) is 0 Å². The SMILES string of the molecule is CC(O)n1cnc2c(N)nc(I)nc21. The molecule has 14 heavy (non-hydrogen) atoms. The Morgan fingerprint density at radius 3 is 2.93 bits per heavy atom. The summed E-state index contributed by atoms with van der Waals surface area (Å²) < 4.78 is 2.07. The number of fused-ring (bicyclic) bond motifs is 1. The molecule has 0 fully saturated rings. The third kappa shape index (κ3) is 1.42. The molecule has 74 valence electrons. The molecule has 2 aromatic heterocycles. The number of imidazole rings is 1. The number of nitrogen functional groups attached to an aromatic ring is 1. The van der Waals surface area contributed by atoms with Gasteiger partial charge in [0.25, 0.3) is 0 Å². The first-order chi connectivity index (χ1) is 6.59. The fraction of sp³-hybridized carbons (Fsp3) is 0.286. The number of rotatable bonds is 1. The van der Waals surface area contributed by atoms with Gasteiger partial charge < -0.3 is 10.8 Å². The van der Waals surface area contributed by atoms with Crippen molar-refractivity contribution in [3.05, 3.63) is 10.2 Å². The number of hydrogen-bond acceptors (Lipinski definition) is 5. The minimum atomic E-state index is -0.676. The van der Waals surface area contributed by atoms with Crippen LogP contribution >= 0.6 is 22.6 Å². The molecule has 2 aromatic rings. The molecular weight excluding hydrogens is 297 g/mol. The van der Waals surface area contributed by atoms with E-state index in [2.05, 4.69) is 15.0 Å². The van der Waals surface area contributed by atoms with E-state index in [9.17, 15) is 5.11 Å². The summed E-state index contributed by atoms with van der Waals surface area (Å²) in [4.78, 5) is 12.2. The van der Waals surface area contributed by atoms with Gasteiger partial charge in [-0.3, -0.25) is 4.57 Å². The molecular formula is C7H8IN5O. The van der Waals surface area contributed by atoms with E-state index >= 15 is 0 Å². The minimum absolute atomic E-state index is 0.332. The summed E-state index contributed by atoms with van der Waals surface area (Å²) >= 11 is 1.97. The lowest BCUT2D eigenvalue weighted by Gasteiger charge is -2.05. The van der Waals surface area contributed by atoms with E-state index in [-0.39, 0.29) is 0 Å². The number of aliphatic hydroxyl groups is 1. The Morgan fingerprint density at radius 1 is 1.57 bits per heavy atom. The Kier molecular flexibility index (Phi) is 2.27. The molecule has 1 unspecified atom stereocenters. The first-order valence-corrected chi connectivity index (χ1v) is 5.01. The fourth-order valence-electron chi connectivity index (χ4n) is 1.18. The highest BCUT2D eigenvalue weighted by Gasteiger charge is 2.11. The lowest BCUT2D eigenvalue weighted by atomic mass is 10.5. The van der Waals surface area contributed by atoms with Crippen molar-refractivity contribution in [1.82, 2.24) is 19.5 Å². The van der Waals surface area contributed by atoms with Crippen LogP contribution in [0.4, 0.5) is 5.82 Å². The molecule has 3 N–H and O–H groups in total. The van der Waals surface area contributed by atoms with Crippen LogP contribution in [0.5, 0.6) is 0 Å². The second kappa shape index (κ2) is 3.31. The van der Waals surface area contributed by atoms with Crippen molar-refractivity contribution in [2.24, 2.45) is 0 Å². The average molecular weight is 305 g/mol. The van der Waals surface area contributed by atoms with Gasteiger partial charge >= 0.3 is 0 Å². The number of nitrogens with two attached hydrogens (primary N) is 1. The fourth-order valence-corrected chi connectivity index (χ4v) is 1.67. The van der Waals surface area contributed by atoms with Crippen LogP contribution in [0.2, 0.25) is 0 Å². The van der Waals surface area contributed by atoms with Crippen molar-refractivity contribution in [3.63, 3.8) is 0 Å². The van der Waals surface area contributed by atoms with Crippen LogP contribution in [0.1, 0.15) is 13.2 Å². The number of halogens is 1. The summed E-state index contributed by atoms with van der Waals surface area (Å²) in [6, 6.07) is 0. The monoisotopic (exact) mass is 305 g/mol. The van der Waals surface area contributed by atoms with Gasteiger partial charge in [0.2, 0.25) is 0 Å². The maximum absolute atomic E-state index is 9.41. The summed E-state index contributed by atoms with van der Waals surface area (Å²) in [5, 5.41) is 9.41. The molecule has 0 aliphatic rings. The van der Waals surface area contributed by atoms with Gasteiger partial charge in [0.1, 0.15) is 11.7 Å². The van der Waals surface area contributed by atoms with Gasteiger partial charge in [-0.1, -0.05) is 0 Å². The zero-order chi connectivity index (χ0) is 10.3. The Morgan fingerprint density at radius 2 is 2.29 bits per heavy atom. The third-order valence-electron chi connectivity index (χ3n) is 1.82. The molecule has 6 nitrogen and oxygen atoms in total. The number of aromatic nitrogens is 4. The predicted octanol–water partition coefficient (Wildman–Crippen LogP) is 0.524. The number of nitrogens with zero attached hydrogens (tertiary/aromatic N) is 4. The molecule has 2 heterocycles. The largest absolute Gasteiger partial charge is 0.382 e. The van der Waals surface area contributed by atoms with Gasteiger partial charge in [0.15, 0.2) is 15.3 Å². The third-order valence-corrected chi connectivity index (χ3v) is 2.31. The van der Waals surface area contributed by atoms with Gasteiger partial charge in [-0.05, 0) is 6.92 Å². The first-order valence-electron chi connectivity index (χ1n) is 3.93. The zero-order valence-corrected chi connectivity index (χ0v) is 9.50. The highest BCUT2D eigenvalue weighted by Crippen LogP contribution is 2.18. The summed E-state index contributed by atoms with van der Waals surface area (Å²) in [7, 11) is 0. The van der Waals surface area contributed by atoms with Crippen LogP contribution in [0, 0.1) is 3.83 Å². The van der Waals surface area contributed by atoms with Crippen molar-refractivity contribution in [2.45, 2.75) is 13.2 Å². The molecule has 0 bridgehead atoms. The molecule has 0 spiro atoms. The van der Waals surface area contributed by atoms with Gasteiger partial charge in [-0.2, -0.15) is 0 Å². The average Bonchev–Trinajstić information content (AvgIpc) is 2.47. The highest BCUT2D eigenvalue weighted by atomic mass is 127. The summed E-state index contributed by atoms with van der Waals surface area (Å²) in [6.45, 7) is 1.63. The molecule has 0 aliphatic heterocycles. The molecule has 2 rings (SSSR count). The van der Waals surface area contributed by atoms with Crippen molar-refractivity contribution in [2.75, 3.05) is 5.73 Å². The molecule has 1 atom stereocenters. The molecule has 0 aromatic carbocycles. The summed E-state index contributed by atoms with van der Waals surface area (Å²) in [6.07, 6.45) is 0.821. The molecule has 0 amide bonds. The van der Waals surface area contributed by atoms with Crippen LogP contribution in [0.3, 0.4) is 0 Å². The maximum Gasteiger partial charge on any atom is 0.194 e. The van der Waals surface area contributed by atoms with E-state index in [1.165, 1.54) is 10.9 Å². The molecule has 0 aliphatic carbocycles. The smallest absolute Gasteiger partial charge is 0.194 e. The quantitative estimate of drug-likeness (QED) is 0.592. The molecule has 0 saturated carbocycles. The van der Waals surface area contributed by atoms with Gasteiger partial charge in [-0.25, -0.2) is 15.0 Å². The maximum atomic E-state index is 9.41. The lowest BCUT2D eigenvalue weighted by molar-refractivity contribution is 0.128. The van der Waals surface area contributed by atoms with E-state index in [4.69, 9.17) is 5.73 Å². The normalized spacial score (nSPS) is 13.4. The Hall–Kier alpha value is -0.960. The van der Waals surface area contributed by atoms with Crippen LogP contribution in [-0.4, -0.2) is 24.6 Å². The predicted molar refractivity (Wildman–Crippen MR) is 59.4 cm³/mol. The summed E-state index contributed by atoms with van der Waals surface area (Å²) in [5.41, 5.74) is 6.73. The highest BCUT2D eigenvalue weighted by molar-refractivity contribution is 14.1. The lowest BCUT2D eigenvalue weighted by Crippen LogP contribution is -2.05. The zero-order valence-electron chi connectivity index (χ0n) is 7.35. The van der Waals surface area contributed by atoms with Gasteiger partial charge in [-0.15, -0.1) is 0 Å². The molecule has 7 heteroatoms. The van der Waals surface area contributed by atoms with Crippen LogP contribution in [0.15, 0.2) is 6.33 Å². The van der Waals surface area contributed by atoms with Gasteiger partial charge in [0.05, 0.1) is 6.33 Å². The van der Waals surface area contributed by atoms with E-state index in [0.29, 0.717) is 20.8 Å². The standard InChI is InChI=1S/C7H8IN5O/c1-3(14)13-2-10-4-5(9)11-7(8)12-6(4)13/h2-3,14H,1H3,(H2,9,11,12). The van der Waals surface area contributed by atoms with Crippen LogP contribution < -0.4 is 5.73 Å². The minimum Gasteiger partial charge on any atom is -0.382 e. The second-order valence-corrected chi connectivity index (χ2v) is 3.80. The van der Waals surface area contributed by atoms with E-state index in [0.717, 1.165) is 0 Å². The molecule has 0 saturated heterocycles. The van der Waals surface area contributed by atoms with Crippen molar-refractivity contribution < 1.29 is 5.11 Å². The number of aliphatic hydroxyl groups excluding tert-OH is 1. The number of anilines is 1. The van der Waals surface area contributed by atoms with E-state index in [1.807, 2.05) is 22.6 Å². The first kappa shape index (κ1) is 9.59. The Labute approximate surface area is 93.3 Å². The van der Waals surface area contributed by atoms with E-state index < -0.39 is 6.23 Å². The summed E-state index contributed by atoms with van der Waals surface area (Å²) in [5.74, 6) is 0.332. The van der Waals surface area contributed by atoms with Crippen LogP contribution in [0.25, 0.3) is 11.2 Å². The van der Waals surface area contributed by atoms with Gasteiger partial charge in [0, 0.05) is 22.6 Å². The van der Waals surface area contributed by atoms with Crippen molar-refractivity contribution in [3.8, 4) is 0 Å². The van der Waals surface area contributed by atoms with Crippen molar-refractivity contribution >= 4 is 39.6 Å². The van der Waals surface area contributed by atoms with Crippen molar-refractivity contribution in [1.29, 1.82) is 0 Å². The second-order valence-electron chi connectivity index (χ2n) is 2.83. The Balaban J connectivity index is 2.78.